The molecule has 36 heavy (non-hydrogen) atoms. The number of cyclic esters (lactones) is 1. The minimum Gasteiger partial charge on any atom is -0.481 e. The molecule has 1 aromatic heterocycles. The topological polar surface area (TPSA) is 126 Å². The van der Waals surface area contributed by atoms with Gasteiger partial charge in [0, 0.05) is 23.8 Å². The predicted octanol–water partition coefficient (Wildman–Crippen LogP) is 4.19. The van der Waals surface area contributed by atoms with Crippen LogP contribution >= 0.6 is 0 Å². The van der Waals surface area contributed by atoms with Crippen molar-refractivity contribution in [1.82, 2.24) is 4.98 Å². The highest BCUT2D eigenvalue weighted by Crippen LogP contribution is 2.30. The highest BCUT2D eigenvalue weighted by Gasteiger charge is 2.34. The zero-order chi connectivity index (χ0) is 26.9. The van der Waals surface area contributed by atoms with E-state index in [1.54, 1.807) is 32.3 Å². The van der Waals surface area contributed by atoms with Gasteiger partial charge in [-0.3, -0.25) is 9.59 Å². The maximum Gasteiger partial charge on any atom is 0.309 e. The molecule has 2 rings (SSSR count). The van der Waals surface area contributed by atoms with Crippen molar-refractivity contribution in [2.75, 3.05) is 7.11 Å². The van der Waals surface area contributed by atoms with E-state index in [9.17, 15) is 24.9 Å². The molecule has 0 saturated heterocycles. The van der Waals surface area contributed by atoms with Crippen LogP contribution in [0.15, 0.2) is 54.2 Å². The lowest BCUT2D eigenvalue weighted by Crippen LogP contribution is -2.37. The fraction of sp³-hybridized carbons (Fsp3) is 0.536. The number of hydrogen-bond donors (Lipinski definition) is 3. The first-order valence-corrected chi connectivity index (χ1v) is 12.3. The predicted molar refractivity (Wildman–Crippen MR) is 137 cm³/mol. The molecule has 0 aliphatic carbocycles. The Kier molecular flexibility index (Phi) is 10.9. The van der Waals surface area contributed by atoms with Gasteiger partial charge in [-0.1, -0.05) is 50.3 Å². The van der Waals surface area contributed by atoms with E-state index in [1.807, 2.05) is 51.1 Å². The van der Waals surface area contributed by atoms with Gasteiger partial charge in [0.15, 0.2) is 0 Å². The lowest BCUT2D eigenvalue weighted by atomic mass is 9.80. The summed E-state index contributed by atoms with van der Waals surface area (Å²) in [5.74, 6) is -1.92. The Labute approximate surface area is 213 Å². The Balaban J connectivity index is 2.29. The molecule has 0 spiro atoms. The van der Waals surface area contributed by atoms with Gasteiger partial charge in [-0.15, -0.1) is 0 Å². The third kappa shape index (κ3) is 8.91. The lowest BCUT2D eigenvalue weighted by Gasteiger charge is -2.32. The average Bonchev–Trinajstić information content (AvgIpc) is 2.82. The number of pyridine rings is 1. The Morgan fingerprint density at radius 3 is 2.75 bits per heavy atom. The maximum atomic E-state index is 12.6. The summed E-state index contributed by atoms with van der Waals surface area (Å²) >= 11 is 0. The summed E-state index contributed by atoms with van der Waals surface area (Å²) in [5, 5.41) is 30.6. The fourth-order valence-electron chi connectivity index (χ4n) is 4.20. The number of allylic oxidation sites excluding steroid dienone is 3. The second-order valence-electron chi connectivity index (χ2n) is 9.80. The highest BCUT2D eigenvalue weighted by atomic mass is 16.5. The van der Waals surface area contributed by atoms with E-state index in [-0.39, 0.29) is 37.5 Å². The third-order valence-corrected chi connectivity index (χ3v) is 6.59. The summed E-state index contributed by atoms with van der Waals surface area (Å²) in [5.41, 5.74) is 0.304. The molecule has 1 unspecified atom stereocenters. The Bertz CT molecular complexity index is 982. The van der Waals surface area contributed by atoms with Crippen LogP contribution in [0.25, 0.3) is 0 Å². The molecule has 0 fully saturated rings. The van der Waals surface area contributed by atoms with Crippen LogP contribution in [-0.4, -0.2) is 57.2 Å². The molecule has 6 atom stereocenters. The van der Waals surface area contributed by atoms with Gasteiger partial charge in [-0.25, -0.2) is 4.98 Å². The second kappa shape index (κ2) is 13.4. The van der Waals surface area contributed by atoms with Crippen LogP contribution in [0, 0.1) is 11.8 Å². The number of hydrogen-bond acceptors (Lipinski definition) is 7. The van der Waals surface area contributed by atoms with Gasteiger partial charge < -0.3 is 24.8 Å². The quantitative estimate of drug-likeness (QED) is 0.288. The van der Waals surface area contributed by atoms with Crippen molar-refractivity contribution in [2.45, 2.75) is 77.1 Å². The molecule has 1 aliphatic heterocycles. The van der Waals surface area contributed by atoms with Gasteiger partial charge in [0.05, 0.1) is 37.4 Å². The third-order valence-electron chi connectivity index (χ3n) is 6.59. The largest absolute Gasteiger partial charge is 0.481 e. The van der Waals surface area contributed by atoms with E-state index in [1.165, 1.54) is 0 Å². The summed E-state index contributed by atoms with van der Waals surface area (Å²) in [4.78, 5) is 28.4. The number of aliphatic hydroxyl groups excluding tert-OH is 1. The van der Waals surface area contributed by atoms with Gasteiger partial charge in [-0.05, 0) is 38.3 Å². The molecule has 0 saturated carbocycles. The monoisotopic (exact) mass is 501 g/mol. The number of esters is 1. The van der Waals surface area contributed by atoms with Crippen molar-refractivity contribution >= 4 is 11.9 Å². The molecule has 0 bridgehead atoms. The molecule has 3 N–H and O–H groups in total. The van der Waals surface area contributed by atoms with E-state index in [2.05, 4.69) is 4.98 Å². The smallest absolute Gasteiger partial charge is 0.309 e. The number of methoxy groups -OCH3 is 1. The van der Waals surface area contributed by atoms with E-state index in [0.717, 1.165) is 11.3 Å². The molecule has 0 radical (unpaired) electrons. The zero-order valence-electron chi connectivity index (χ0n) is 21.8. The Morgan fingerprint density at radius 2 is 2.08 bits per heavy atom. The molecule has 2 heterocycles. The first-order valence-electron chi connectivity index (χ1n) is 12.3. The normalized spacial score (nSPS) is 30.1. The Hall–Kier alpha value is -2.97. The average molecular weight is 502 g/mol. The number of nitrogens with zero attached hydrogens (tertiary/aromatic N) is 1. The summed E-state index contributed by atoms with van der Waals surface area (Å²) in [6, 6.07) is 5.59. The van der Waals surface area contributed by atoms with Crippen LogP contribution in [0.3, 0.4) is 0 Å². The first-order chi connectivity index (χ1) is 16.9. The van der Waals surface area contributed by atoms with Gasteiger partial charge >= 0.3 is 11.9 Å². The molecule has 8 heteroatoms. The molecule has 1 aliphatic rings. The molecule has 0 aromatic carbocycles. The molecular formula is C28H39NO7. The second-order valence-corrected chi connectivity index (χ2v) is 9.80. The molecule has 8 nitrogen and oxygen atoms in total. The van der Waals surface area contributed by atoms with Crippen LogP contribution in [0.1, 0.15) is 65.0 Å². The number of aliphatic hydroxyl groups is 2. The van der Waals surface area contributed by atoms with Crippen molar-refractivity contribution in [1.29, 1.82) is 0 Å². The number of carbonyl (C=O) groups is 2. The number of rotatable bonds is 7. The minimum absolute atomic E-state index is 0.0227. The van der Waals surface area contributed by atoms with Crippen LogP contribution in [0.4, 0.5) is 0 Å². The highest BCUT2D eigenvalue weighted by molar-refractivity contribution is 5.70. The number of ether oxygens (including phenoxy) is 2. The van der Waals surface area contributed by atoms with Gasteiger partial charge in [0.25, 0.3) is 0 Å². The SMILES string of the molecule is COc1cccc(C(C)/C=C/C=C(\C)[C@H]2OC(=O)C[C@H](O)CC[C@@](C)(O)[C@@H](CC(=O)O)/C=C/[C@@H]2C)n1. The van der Waals surface area contributed by atoms with Crippen LogP contribution in [0.2, 0.25) is 0 Å². The number of carbonyl (C=O) groups excluding carboxylic acids is 1. The van der Waals surface area contributed by atoms with E-state index in [4.69, 9.17) is 9.47 Å². The number of carboxylic acids is 1. The standard InChI is InChI=1S/C28H39NO7/c1-18(23-10-7-11-24(29-23)35-5)8-6-9-19(2)27-20(3)12-13-21(16-25(31)32)28(4,34)15-14-22(30)17-26(33)36-27/h6-13,18,20-22,27,30,34H,14-17H2,1-5H3,(H,31,32)/b8-6+,13-12+,19-9+/t18?,20-,21+,22+,27+,28+/m0/s1. The summed E-state index contributed by atoms with van der Waals surface area (Å²) < 4.78 is 10.9. The molecule has 0 amide bonds. The zero-order valence-corrected chi connectivity index (χ0v) is 21.8. The number of carboxylic acid groups (broad SMARTS) is 1. The Morgan fingerprint density at radius 1 is 1.36 bits per heavy atom. The summed E-state index contributed by atoms with van der Waals surface area (Å²) in [7, 11) is 1.57. The van der Waals surface area contributed by atoms with Crippen molar-refractivity contribution in [3.8, 4) is 5.88 Å². The van der Waals surface area contributed by atoms with E-state index < -0.39 is 35.7 Å². The van der Waals surface area contributed by atoms with Gasteiger partial charge in [-0.2, -0.15) is 0 Å². The van der Waals surface area contributed by atoms with Crippen molar-refractivity contribution in [3.05, 3.63) is 59.8 Å². The van der Waals surface area contributed by atoms with E-state index >= 15 is 0 Å². The van der Waals surface area contributed by atoms with Gasteiger partial charge in [0.2, 0.25) is 5.88 Å². The summed E-state index contributed by atoms with van der Waals surface area (Å²) in [6.45, 7) is 7.30. The van der Waals surface area contributed by atoms with Crippen LogP contribution in [0.5, 0.6) is 5.88 Å². The van der Waals surface area contributed by atoms with Crippen LogP contribution in [-0.2, 0) is 14.3 Å². The van der Waals surface area contributed by atoms with Crippen molar-refractivity contribution in [2.24, 2.45) is 11.8 Å². The first kappa shape index (κ1) is 29.3. The fourth-order valence-corrected chi connectivity index (χ4v) is 4.20. The van der Waals surface area contributed by atoms with Crippen molar-refractivity contribution in [3.63, 3.8) is 0 Å². The van der Waals surface area contributed by atoms with Gasteiger partial charge in [0.1, 0.15) is 6.10 Å². The minimum atomic E-state index is -1.34. The molecule has 198 valence electrons. The van der Waals surface area contributed by atoms with Crippen molar-refractivity contribution < 1.29 is 34.4 Å². The van der Waals surface area contributed by atoms with Crippen LogP contribution < -0.4 is 4.74 Å². The lowest BCUT2D eigenvalue weighted by molar-refractivity contribution is -0.151. The van der Waals surface area contributed by atoms with E-state index in [0.29, 0.717) is 5.88 Å². The molecule has 1 aromatic rings. The molecular weight excluding hydrogens is 462 g/mol. The number of aliphatic carboxylic acids is 1. The number of aromatic nitrogens is 1. The summed E-state index contributed by atoms with van der Waals surface area (Å²) in [6.07, 6.45) is 7.47. The maximum absolute atomic E-state index is 12.6.